The third kappa shape index (κ3) is 16.0. The van der Waals surface area contributed by atoms with Crippen LogP contribution in [-0.2, 0) is 9.53 Å². The van der Waals surface area contributed by atoms with Crippen LogP contribution in [0.25, 0.3) is 0 Å². The maximum absolute atomic E-state index is 11.3. The summed E-state index contributed by atoms with van der Waals surface area (Å²) in [6.07, 6.45) is 10.3. The van der Waals surface area contributed by atoms with Crippen molar-refractivity contribution in [3.05, 3.63) is 0 Å². The molecule has 0 aliphatic rings. The summed E-state index contributed by atoms with van der Waals surface area (Å²) in [5.74, 6) is -0.0815. The number of carbonyl (C=O) groups is 1. The van der Waals surface area contributed by atoms with E-state index in [1.165, 1.54) is 25.7 Å². The number of hydrogen-bond donors (Lipinski definition) is 2. The molecule has 0 aliphatic carbocycles. The van der Waals surface area contributed by atoms with Gasteiger partial charge in [-0.1, -0.05) is 39.5 Å². The van der Waals surface area contributed by atoms with E-state index in [0.717, 1.165) is 38.6 Å². The molecular formula is C19H39NO3. The van der Waals surface area contributed by atoms with E-state index in [9.17, 15) is 9.90 Å². The Kier molecular flexibility index (Phi) is 13.4. The molecule has 0 rings (SSSR count). The van der Waals surface area contributed by atoms with Crippen molar-refractivity contribution in [2.75, 3.05) is 13.2 Å². The van der Waals surface area contributed by atoms with Gasteiger partial charge in [0, 0.05) is 12.5 Å². The Morgan fingerprint density at radius 1 is 1.09 bits per heavy atom. The molecule has 2 N–H and O–H groups in total. The fraction of sp³-hybridized carbons (Fsp3) is 0.947. The fourth-order valence-corrected chi connectivity index (χ4v) is 2.54. The number of nitrogens with one attached hydrogen (secondary N) is 1. The van der Waals surface area contributed by atoms with Gasteiger partial charge in [0.2, 0.25) is 0 Å². The standard InChI is InChI=1S/C19H39NO3/c1-5-7-8-9-12-17(20-15-14-19(3,4)22)13-10-16-23-18(21)11-6-2/h17,20,22H,5-16H2,1-4H3. The number of unbranched alkanes of at least 4 members (excludes halogenated alkanes) is 3. The van der Waals surface area contributed by atoms with Crippen LogP contribution in [0, 0.1) is 0 Å². The van der Waals surface area contributed by atoms with Gasteiger partial charge >= 0.3 is 5.97 Å². The third-order valence-electron chi connectivity index (χ3n) is 3.99. The third-order valence-corrected chi connectivity index (χ3v) is 3.99. The summed E-state index contributed by atoms with van der Waals surface area (Å²) < 4.78 is 5.23. The van der Waals surface area contributed by atoms with Crippen molar-refractivity contribution in [1.29, 1.82) is 0 Å². The number of hydrogen-bond acceptors (Lipinski definition) is 4. The van der Waals surface area contributed by atoms with Crippen molar-refractivity contribution in [2.45, 2.75) is 104 Å². The van der Waals surface area contributed by atoms with Crippen LogP contribution in [0.2, 0.25) is 0 Å². The van der Waals surface area contributed by atoms with Gasteiger partial charge in [0.1, 0.15) is 0 Å². The lowest BCUT2D eigenvalue weighted by Crippen LogP contribution is -2.34. The molecule has 0 aromatic rings. The first-order valence-corrected chi connectivity index (χ1v) is 9.50. The van der Waals surface area contributed by atoms with E-state index in [1.54, 1.807) is 0 Å². The lowest BCUT2D eigenvalue weighted by molar-refractivity contribution is -0.143. The van der Waals surface area contributed by atoms with E-state index in [-0.39, 0.29) is 5.97 Å². The first-order valence-electron chi connectivity index (χ1n) is 9.50. The van der Waals surface area contributed by atoms with Gasteiger partial charge in [-0.3, -0.25) is 4.79 Å². The lowest BCUT2D eigenvalue weighted by Gasteiger charge is -2.22. The molecule has 1 atom stereocenters. The van der Waals surface area contributed by atoms with E-state index < -0.39 is 5.60 Å². The van der Waals surface area contributed by atoms with Gasteiger partial charge in [0.15, 0.2) is 0 Å². The molecule has 0 aromatic heterocycles. The smallest absolute Gasteiger partial charge is 0.305 e. The minimum absolute atomic E-state index is 0.0815. The molecule has 0 bridgehead atoms. The van der Waals surface area contributed by atoms with E-state index in [0.29, 0.717) is 19.1 Å². The first-order chi connectivity index (χ1) is 10.9. The molecule has 0 fully saturated rings. The molecule has 0 spiro atoms. The molecule has 0 aromatic carbocycles. The predicted molar refractivity (Wildman–Crippen MR) is 96.6 cm³/mol. The highest BCUT2D eigenvalue weighted by Gasteiger charge is 2.14. The highest BCUT2D eigenvalue weighted by atomic mass is 16.5. The molecule has 0 amide bonds. The monoisotopic (exact) mass is 329 g/mol. The molecule has 0 heterocycles. The quantitative estimate of drug-likeness (QED) is 0.349. The minimum Gasteiger partial charge on any atom is -0.466 e. The highest BCUT2D eigenvalue weighted by Crippen LogP contribution is 2.12. The van der Waals surface area contributed by atoms with Gasteiger partial charge in [-0.2, -0.15) is 0 Å². The molecule has 0 radical (unpaired) electrons. The zero-order chi connectivity index (χ0) is 17.6. The van der Waals surface area contributed by atoms with Gasteiger partial charge in [-0.15, -0.1) is 0 Å². The van der Waals surface area contributed by atoms with E-state index >= 15 is 0 Å². The number of esters is 1. The molecule has 0 saturated carbocycles. The Morgan fingerprint density at radius 3 is 2.39 bits per heavy atom. The number of carbonyl (C=O) groups excluding carboxylic acids is 1. The van der Waals surface area contributed by atoms with Gasteiger partial charge in [0.05, 0.1) is 12.2 Å². The second-order valence-corrected chi connectivity index (χ2v) is 7.18. The van der Waals surface area contributed by atoms with Crippen molar-refractivity contribution in [3.8, 4) is 0 Å². The maximum atomic E-state index is 11.3. The van der Waals surface area contributed by atoms with E-state index in [2.05, 4.69) is 12.2 Å². The Bertz CT molecular complexity index is 287. The SMILES string of the molecule is CCCCCCC(CCCOC(=O)CCC)NCCC(C)(C)O. The zero-order valence-electron chi connectivity index (χ0n) is 15.8. The van der Waals surface area contributed by atoms with Crippen LogP contribution in [0.1, 0.15) is 91.9 Å². The summed E-state index contributed by atoms with van der Waals surface area (Å²) in [6, 6.07) is 0.457. The Balaban J connectivity index is 3.97. The topological polar surface area (TPSA) is 58.6 Å². The molecule has 1 unspecified atom stereocenters. The summed E-state index contributed by atoms with van der Waals surface area (Å²) in [5.41, 5.74) is -0.616. The molecule has 23 heavy (non-hydrogen) atoms. The zero-order valence-corrected chi connectivity index (χ0v) is 15.8. The minimum atomic E-state index is -0.616. The summed E-state index contributed by atoms with van der Waals surface area (Å²) >= 11 is 0. The Labute approximate surface area is 143 Å². The second kappa shape index (κ2) is 13.8. The number of aliphatic hydroxyl groups is 1. The van der Waals surface area contributed by atoms with Crippen LogP contribution in [-0.4, -0.2) is 35.9 Å². The van der Waals surface area contributed by atoms with Crippen LogP contribution in [0.15, 0.2) is 0 Å². The van der Waals surface area contributed by atoms with Gasteiger partial charge in [0.25, 0.3) is 0 Å². The average molecular weight is 330 g/mol. The fourth-order valence-electron chi connectivity index (χ4n) is 2.54. The van der Waals surface area contributed by atoms with Crippen LogP contribution in [0.4, 0.5) is 0 Å². The van der Waals surface area contributed by atoms with E-state index in [4.69, 9.17) is 4.74 Å². The molecule has 4 heteroatoms. The summed E-state index contributed by atoms with van der Waals surface area (Å²) in [4.78, 5) is 11.3. The summed E-state index contributed by atoms with van der Waals surface area (Å²) in [6.45, 7) is 9.26. The Hall–Kier alpha value is -0.610. The van der Waals surface area contributed by atoms with Crippen molar-refractivity contribution >= 4 is 5.97 Å². The normalized spacial score (nSPS) is 13.1. The lowest BCUT2D eigenvalue weighted by atomic mass is 10.0. The van der Waals surface area contributed by atoms with Crippen molar-refractivity contribution in [3.63, 3.8) is 0 Å². The van der Waals surface area contributed by atoms with E-state index in [1.807, 2.05) is 20.8 Å². The maximum Gasteiger partial charge on any atom is 0.305 e. The van der Waals surface area contributed by atoms with Gasteiger partial charge in [-0.25, -0.2) is 0 Å². The van der Waals surface area contributed by atoms with Crippen molar-refractivity contribution in [2.24, 2.45) is 0 Å². The summed E-state index contributed by atoms with van der Waals surface area (Å²) in [5, 5.41) is 13.4. The molecule has 138 valence electrons. The average Bonchev–Trinajstić information content (AvgIpc) is 2.46. The van der Waals surface area contributed by atoms with Gasteiger partial charge in [-0.05, 0) is 52.5 Å². The van der Waals surface area contributed by atoms with Crippen LogP contribution >= 0.6 is 0 Å². The molecular weight excluding hydrogens is 290 g/mol. The predicted octanol–water partition coefficient (Wildman–Crippen LogP) is 4.20. The highest BCUT2D eigenvalue weighted by molar-refractivity contribution is 5.69. The first kappa shape index (κ1) is 22.4. The largest absolute Gasteiger partial charge is 0.466 e. The number of ether oxygens (including phenoxy) is 1. The van der Waals surface area contributed by atoms with Crippen LogP contribution < -0.4 is 5.32 Å². The van der Waals surface area contributed by atoms with Gasteiger partial charge < -0.3 is 15.2 Å². The molecule has 0 aliphatic heterocycles. The second-order valence-electron chi connectivity index (χ2n) is 7.18. The summed E-state index contributed by atoms with van der Waals surface area (Å²) in [7, 11) is 0. The molecule has 4 nitrogen and oxygen atoms in total. The molecule has 0 saturated heterocycles. The van der Waals surface area contributed by atoms with Crippen LogP contribution in [0.3, 0.4) is 0 Å². The number of rotatable bonds is 15. The Morgan fingerprint density at radius 2 is 1.78 bits per heavy atom. The van der Waals surface area contributed by atoms with Crippen LogP contribution in [0.5, 0.6) is 0 Å². The van der Waals surface area contributed by atoms with Crippen molar-refractivity contribution in [1.82, 2.24) is 5.32 Å². The van der Waals surface area contributed by atoms with Crippen molar-refractivity contribution < 1.29 is 14.6 Å².